The minimum absolute atomic E-state index is 0.180. The maximum Gasteiger partial charge on any atom is 0.306 e. The van der Waals surface area contributed by atoms with E-state index < -0.39 is 0 Å². The molecule has 3 nitrogen and oxygen atoms in total. The standard InChI is InChI=1S/C17H18O3/c1-2-20-17(19)11-10-13-6-5-7-14(12-13)15-8-3-4-9-16(15)18/h3-9,12,18H,2,10-11H2,1H3. The molecule has 0 aliphatic heterocycles. The van der Waals surface area contributed by atoms with E-state index in [9.17, 15) is 9.90 Å². The van der Waals surface area contributed by atoms with Crippen LogP contribution < -0.4 is 0 Å². The van der Waals surface area contributed by atoms with Gasteiger partial charge in [0.05, 0.1) is 6.61 Å². The Morgan fingerprint density at radius 3 is 2.70 bits per heavy atom. The minimum Gasteiger partial charge on any atom is -0.507 e. The fourth-order valence-electron chi connectivity index (χ4n) is 2.09. The van der Waals surface area contributed by atoms with Crippen LogP contribution in [0.25, 0.3) is 11.1 Å². The van der Waals surface area contributed by atoms with Gasteiger partial charge in [-0.15, -0.1) is 0 Å². The number of para-hydroxylation sites is 1. The first-order valence-electron chi connectivity index (χ1n) is 6.73. The van der Waals surface area contributed by atoms with Crippen LogP contribution in [-0.2, 0) is 16.0 Å². The summed E-state index contributed by atoms with van der Waals surface area (Å²) in [7, 11) is 0. The second-order valence-electron chi connectivity index (χ2n) is 4.52. The molecule has 0 fully saturated rings. The average Bonchev–Trinajstić information content (AvgIpc) is 2.46. The predicted molar refractivity (Wildman–Crippen MR) is 78.5 cm³/mol. The minimum atomic E-state index is -0.180. The molecule has 0 aromatic heterocycles. The zero-order valence-electron chi connectivity index (χ0n) is 11.5. The van der Waals surface area contributed by atoms with Crippen molar-refractivity contribution in [2.45, 2.75) is 19.8 Å². The van der Waals surface area contributed by atoms with Crippen LogP contribution in [0.15, 0.2) is 48.5 Å². The zero-order valence-corrected chi connectivity index (χ0v) is 11.5. The number of benzene rings is 2. The molecule has 0 aliphatic rings. The fraction of sp³-hybridized carbons (Fsp3) is 0.235. The summed E-state index contributed by atoms with van der Waals surface area (Å²) in [6.07, 6.45) is 1.01. The largest absolute Gasteiger partial charge is 0.507 e. The lowest BCUT2D eigenvalue weighted by atomic mass is 10.0. The number of carbonyl (C=O) groups is 1. The molecule has 0 spiro atoms. The van der Waals surface area contributed by atoms with Crippen LogP contribution >= 0.6 is 0 Å². The number of aryl methyl sites for hydroxylation is 1. The molecule has 2 aromatic rings. The Labute approximate surface area is 118 Å². The summed E-state index contributed by atoms with van der Waals surface area (Å²) in [5.41, 5.74) is 2.80. The number of esters is 1. The van der Waals surface area contributed by atoms with Gasteiger partial charge in [-0.05, 0) is 30.5 Å². The van der Waals surface area contributed by atoms with Gasteiger partial charge in [0.15, 0.2) is 0 Å². The first-order valence-corrected chi connectivity index (χ1v) is 6.73. The third-order valence-corrected chi connectivity index (χ3v) is 3.07. The predicted octanol–water partition coefficient (Wildman–Crippen LogP) is 3.55. The molecule has 1 N–H and O–H groups in total. The van der Waals surface area contributed by atoms with Gasteiger partial charge < -0.3 is 9.84 Å². The van der Waals surface area contributed by atoms with Crippen molar-refractivity contribution in [1.82, 2.24) is 0 Å². The van der Waals surface area contributed by atoms with Crippen molar-refractivity contribution in [3.63, 3.8) is 0 Å². The quantitative estimate of drug-likeness (QED) is 0.845. The van der Waals surface area contributed by atoms with Crippen molar-refractivity contribution in [3.8, 4) is 16.9 Å². The molecule has 0 aliphatic carbocycles. The second-order valence-corrected chi connectivity index (χ2v) is 4.52. The van der Waals surface area contributed by atoms with Crippen LogP contribution in [0.3, 0.4) is 0 Å². The lowest BCUT2D eigenvalue weighted by Crippen LogP contribution is -2.05. The maximum absolute atomic E-state index is 11.4. The molecule has 20 heavy (non-hydrogen) atoms. The highest BCUT2D eigenvalue weighted by Gasteiger charge is 2.06. The number of aromatic hydroxyl groups is 1. The number of phenols is 1. The number of phenolic OH excluding ortho intramolecular Hbond substituents is 1. The third kappa shape index (κ3) is 3.60. The lowest BCUT2D eigenvalue weighted by Gasteiger charge is -2.07. The third-order valence-electron chi connectivity index (χ3n) is 3.07. The van der Waals surface area contributed by atoms with Gasteiger partial charge in [-0.3, -0.25) is 4.79 Å². The Morgan fingerprint density at radius 1 is 1.15 bits per heavy atom. The maximum atomic E-state index is 11.4. The normalized spacial score (nSPS) is 10.2. The van der Waals surface area contributed by atoms with Gasteiger partial charge in [-0.25, -0.2) is 0 Å². The van der Waals surface area contributed by atoms with Gasteiger partial charge in [0, 0.05) is 12.0 Å². The summed E-state index contributed by atoms with van der Waals surface area (Å²) >= 11 is 0. The molecule has 0 unspecified atom stereocenters. The average molecular weight is 270 g/mol. The van der Waals surface area contributed by atoms with Crippen LogP contribution in [0.4, 0.5) is 0 Å². The SMILES string of the molecule is CCOC(=O)CCc1cccc(-c2ccccc2O)c1. The van der Waals surface area contributed by atoms with E-state index >= 15 is 0 Å². The molecular weight excluding hydrogens is 252 g/mol. The molecule has 0 bridgehead atoms. The number of carbonyl (C=O) groups excluding carboxylic acids is 1. The molecule has 104 valence electrons. The summed E-state index contributed by atoms with van der Waals surface area (Å²) in [5, 5.41) is 9.87. The molecule has 0 saturated carbocycles. The van der Waals surface area contributed by atoms with E-state index in [4.69, 9.17) is 4.74 Å². The van der Waals surface area contributed by atoms with Gasteiger partial charge in [0.1, 0.15) is 5.75 Å². The van der Waals surface area contributed by atoms with Crippen LogP contribution in [0.2, 0.25) is 0 Å². The van der Waals surface area contributed by atoms with E-state index in [0.29, 0.717) is 19.4 Å². The number of hydrogen-bond acceptors (Lipinski definition) is 3. The van der Waals surface area contributed by atoms with Crippen LogP contribution in [0.1, 0.15) is 18.9 Å². The van der Waals surface area contributed by atoms with Gasteiger partial charge in [-0.2, -0.15) is 0 Å². The molecule has 2 rings (SSSR count). The number of rotatable bonds is 5. The Morgan fingerprint density at radius 2 is 1.95 bits per heavy atom. The number of ether oxygens (including phenoxy) is 1. The molecule has 3 heteroatoms. The van der Waals surface area contributed by atoms with Crippen molar-refractivity contribution in [2.75, 3.05) is 6.61 Å². The zero-order chi connectivity index (χ0) is 14.4. The first kappa shape index (κ1) is 14.1. The van der Waals surface area contributed by atoms with Gasteiger partial charge >= 0.3 is 5.97 Å². The highest BCUT2D eigenvalue weighted by atomic mass is 16.5. The highest BCUT2D eigenvalue weighted by Crippen LogP contribution is 2.29. The Kier molecular flexibility index (Phi) is 4.77. The summed E-state index contributed by atoms with van der Waals surface area (Å²) in [5.74, 6) is 0.0792. The molecule has 0 saturated heterocycles. The van der Waals surface area contributed by atoms with Crippen molar-refractivity contribution in [2.24, 2.45) is 0 Å². The summed E-state index contributed by atoms with van der Waals surface area (Å²) in [4.78, 5) is 11.4. The summed E-state index contributed by atoms with van der Waals surface area (Å²) in [6, 6.07) is 15.1. The fourth-order valence-corrected chi connectivity index (χ4v) is 2.09. The molecule has 0 heterocycles. The van der Waals surface area contributed by atoms with Crippen LogP contribution in [0.5, 0.6) is 5.75 Å². The molecule has 0 amide bonds. The molecule has 0 radical (unpaired) electrons. The van der Waals surface area contributed by atoms with Gasteiger partial charge in [0.2, 0.25) is 0 Å². The lowest BCUT2D eigenvalue weighted by molar-refractivity contribution is -0.143. The monoisotopic (exact) mass is 270 g/mol. The van der Waals surface area contributed by atoms with Crippen LogP contribution in [-0.4, -0.2) is 17.7 Å². The van der Waals surface area contributed by atoms with Crippen molar-refractivity contribution in [1.29, 1.82) is 0 Å². The van der Waals surface area contributed by atoms with E-state index in [-0.39, 0.29) is 11.7 Å². The number of hydrogen-bond donors (Lipinski definition) is 1. The summed E-state index contributed by atoms with van der Waals surface area (Å²) < 4.78 is 4.92. The second kappa shape index (κ2) is 6.75. The Hall–Kier alpha value is -2.29. The van der Waals surface area contributed by atoms with E-state index in [1.807, 2.05) is 36.4 Å². The Balaban J connectivity index is 2.12. The van der Waals surface area contributed by atoms with E-state index in [1.165, 1.54) is 0 Å². The van der Waals surface area contributed by atoms with Crippen molar-refractivity contribution in [3.05, 3.63) is 54.1 Å². The van der Waals surface area contributed by atoms with Gasteiger partial charge in [-0.1, -0.05) is 42.5 Å². The highest BCUT2D eigenvalue weighted by molar-refractivity contribution is 5.71. The van der Waals surface area contributed by atoms with E-state index in [1.54, 1.807) is 19.1 Å². The topological polar surface area (TPSA) is 46.5 Å². The summed E-state index contributed by atoms with van der Waals surface area (Å²) in [6.45, 7) is 2.22. The van der Waals surface area contributed by atoms with E-state index in [2.05, 4.69) is 0 Å². The van der Waals surface area contributed by atoms with Crippen molar-refractivity contribution >= 4 is 5.97 Å². The molecule has 2 aromatic carbocycles. The Bertz CT molecular complexity index is 590. The smallest absolute Gasteiger partial charge is 0.306 e. The van der Waals surface area contributed by atoms with Crippen LogP contribution in [0, 0.1) is 0 Å². The van der Waals surface area contributed by atoms with Crippen molar-refractivity contribution < 1.29 is 14.6 Å². The first-order chi connectivity index (χ1) is 9.70. The van der Waals surface area contributed by atoms with E-state index in [0.717, 1.165) is 16.7 Å². The van der Waals surface area contributed by atoms with Gasteiger partial charge in [0.25, 0.3) is 0 Å². The molecule has 0 atom stereocenters. The molecular formula is C17H18O3.